The summed E-state index contributed by atoms with van der Waals surface area (Å²) in [4.78, 5) is 17.3. The Bertz CT molecular complexity index is 940. The van der Waals surface area contributed by atoms with Crippen molar-refractivity contribution in [2.24, 2.45) is 0 Å². The number of nitriles is 1. The van der Waals surface area contributed by atoms with Gasteiger partial charge in [-0.2, -0.15) is 5.26 Å². The van der Waals surface area contributed by atoms with Crippen molar-refractivity contribution in [3.8, 4) is 6.07 Å². The third-order valence-corrected chi connectivity index (χ3v) is 4.53. The van der Waals surface area contributed by atoms with Crippen LogP contribution in [-0.2, 0) is 6.54 Å². The Labute approximate surface area is 132 Å². The third-order valence-electron chi connectivity index (χ3n) is 3.55. The van der Waals surface area contributed by atoms with Crippen molar-refractivity contribution >= 4 is 33.4 Å². The number of hydrogen-bond donors (Lipinski definition) is 0. The van der Waals surface area contributed by atoms with Crippen LogP contribution in [0.3, 0.4) is 0 Å². The van der Waals surface area contributed by atoms with Gasteiger partial charge in [-0.25, -0.2) is 4.98 Å². The van der Waals surface area contributed by atoms with Crippen molar-refractivity contribution in [3.05, 3.63) is 46.8 Å². The molecule has 0 aliphatic heterocycles. The summed E-state index contributed by atoms with van der Waals surface area (Å²) in [5.74, 6) is 0.641. The first-order chi connectivity index (χ1) is 10.7. The molecule has 4 nitrogen and oxygen atoms in total. The fourth-order valence-corrected chi connectivity index (χ4v) is 3.37. The topological polar surface area (TPSA) is 58.7 Å². The molecular weight excluding hydrogens is 294 g/mol. The fourth-order valence-electron chi connectivity index (χ4n) is 2.46. The number of aromatic nitrogens is 2. The molecule has 0 radical (unpaired) electrons. The van der Waals surface area contributed by atoms with Crippen LogP contribution in [0.4, 0.5) is 0 Å². The summed E-state index contributed by atoms with van der Waals surface area (Å²) in [5.41, 5.74) is 0.700. The Hall–Kier alpha value is -2.32. The van der Waals surface area contributed by atoms with Crippen LogP contribution in [0.1, 0.15) is 13.3 Å². The second-order valence-electron chi connectivity index (χ2n) is 4.92. The molecular formula is C17H15N3OS. The van der Waals surface area contributed by atoms with E-state index in [1.807, 2.05) is 43.3 Å². The van der Waals surface area contributed by atoms with Gasteiger partial charge in [-0.15, -0.1) is 0 Å². The molecule has 0 bridgehead atoms. The molecule has 0 spiro atoms. The molecule has 0 fully saturated rings. The Balaban J connectivity index is 2.22. The van der Waals surface area contributed by atoms with Crippen LogP contribution in [-0.4, -0.2) is 15.3 Å². The van der Waals surface area contributed by atoms with Crippen LogP contribution in [0.25, 0.3) is 21.7 Å². The van der Waals surface area contributed by atoms with Crippen molar-refractivity contribution in [3.63, 3.8) is 0 Å². The van der Waals surface area contributed by atoms with Crippen molar-refractivity contribution < 1.29 is 0 Å². The third kappa shape index (κ3) is 2.58. The summed E-state index contributed by atoms with van der Waals surface area (Å²) in [5, 5.41) is 12.1. The Morgan fingerprint density at radius 3 is 2.68 bits per heavy atom. The van der Waals surface area contributed by atoms with Crippen LogP contribution in [0.15, 0.2) is 46.3 Å². The molecule has 2 aromatic carbocycles. The van der Waals surface area contributed by atoms with Crippen molar-refractivity contribution in [2.45, 2.75) is 25.0 Å². The standard InChI is InChI=1S/C17H15N3OS/c1-2-20-16(21)14-10-12-6-3-4-7-13(12)11-15(14)19-17(20)22-9-5-8-18/h3-4,6-7,10-11H,2,5,9H2,1H3. The minimum absolute atomic E-state index is 0.0160. The lowest BCUT2D eigenvalue weighted by atomic mass is 10.1. The molecule has 0 amide bonds. The Morgan fingerprint density at radius 2 is 2.00 bits per heavy atom. The van der Waals surface area contributed by atoms with E-state index in [0.717, 1.165) is 10.8 Å². The van der Waals surface area contributed by atoms with E-state index in [4.69, 9.17) is 5.26 Å². The van der Waals surface area contributed by atoms with Crippen LogP contribution >= 0.6 is 11.8 Å². The number of rotatable bonds is 4. The predicted octanol–water partition coefficient (Wildman–Crippen LogP) is 3.58. The number of benzene rings is 2. The second kappa shape index (κ2) is 6.20. The summed E-state index contributed by atoms with van der Waals surface area (Å²) in [6.07, 6.45) is 0.444. The second-order valence-corrected chi connectivity index (χ2v) is 5.98. The highest BCUT2D eigenvalue weighted by atomic mass is 32.2. The summed E-state index contributed by atoms with van der Waals surface area (Å²) in [7, 11) is 0. The molecule has 0 unspecified atom stereocenters. The average molecular weight is 309 g/mol. The molecule has 3 aromatic rings. The van der Waals surface area contributed by atoms with E-state index in [-0.39, 0.29) is 5.56 Å². The first kappa shape index (κ1) is 14.6. The molecule has 0 atom stereocenters. The van der Waals surface area contributed by atoms with Crippen molar-refractivity contribution in [1.29, 1.82) is 5.26 Å². The number of hydrogen-bond acceptors (Lipinski definition) is 4. The molecule has 22 heavy (non-hydrogen) atoms. The molecule has 0 aliphatic rings. The Kier molecular flexibility index (Phi) is 4.12. The van der Waals surface area contributed by atoms with Gasteiger partial charge in [-0.3, -0.25) is 9.36 Å². The number of fused-ring (bicyclic) bond motifs is 2. The molecule has 5 heteroatoms. The van der Waals surface area contributed by atoms with Crippen LogP contribution in [0, 0.1) is 11.3 Å². The highest BCUT2D eigenvalue weighted by Crippen LogP contribution is 2.22. The van der Waals surface area contributed by atoms with E-state index in [0.29, 0.717) is 34.8 Å². The van der Waals surface area contributed by atoms with Gasteiger partial charge in [-0.05, 0) is 29.8 Å². The zero-order valence-electron chi connectivity index (χ0n) is 12.2. The summed E-state index contributed by atoms with van der Waals surface area (Å²) in [6, 6.07) is 13.9. The van der Waals surface area contributed by atoms with Gasteiger partial charge >= 0.3 is 0 Å². The molecule has 0 aliphatic carbocycles. The lowest BCUT2D eigenvalue weighted by Gasteiger charge is -2.11. The van der Waals surface area contributed by atoms with Crippen molar-refractivity contribution in [1.82, 2.24) is 9.55 Å². The van der Waals surface area contributed by atoms with E-state index >= 15 is 0 Å². The Morgan fingerprint density at radius 1 is 1.27 bits per heavy atom. The fraction of sp³-hybridized carbons (Fsp3) is 0.235. The zero-order valence-corrected chi connectivity index (χ0v) is 13.1. The largest absolute Gasteiger partial charge is 0.287 e. The van der Waals surface area contributed by atoms with Crippen molar-refractivity contribution in [2.75, 3.05) is 5.75 Å². The van der Waals surface area contributed by atoms with Gasteiger partial charge in [0.2, 0.25) is 0 Å². The van der Waals surface area contributed by atoms with Crippen LogP contribution in [0.2, 0.25) is 0 Å². The average Bonchev–Trinajstić information content (AvgIpc) is 2.54. The quantitative estimate of drug-likeness (QED) is 0.320. The summed E-state index contributed by atoms with van der Waals surface area (Å²) < 4.78 is 1.68. The molecule has 1 heterocycles. The van der Waals surface area contributed by atoms with E-state index in [9.17, 15) is 4.79 Å². The maximum Gasteiger partial charge on any atom is 0.262 e. The van der Waals surface area contributed by atoms with E-state index in [2.05, 4.69) is 11.1 Å². The lowest BCUT2D eigenvalue weighted by Crippen LogP contribution is -2.22. The highest BCUT2D eigenvalue weighted by Gasteiger charge is 2.11. The molecule has 0 saturated heterocycles. The number of thioether (sulfide) groups is 1. The van der Waals surface area contributed by atoms with Gasteiger partial charge in [-0.1, -0.05) is 36.0 Å². The molecule has 1 aromatic heterocycles. The van der Waals surface area contributed by atoms with E-state index < -0.39 is 0 Å². The zero-order chi connectivity index (χ0) is 15.5. The molecule has 3 rings (SSSR count). The highest BCUT2D eigenvalue weighted by molar-refractivity contribution is 7.99. The van der Waals surface area contributed by atoms with Gasteiger partial charge in [0.05, 0.1) is 17.0 Å². The maximum absolute atomic E-state index is 12.7. The van der Waals surface area contributed by atoms with Gasteiger partial charge in [0, 0.05) is 18.7 Å². The van der Waals surface area contributed by atoms with Crippen LogP contribution in [0.5, 0.6) is 0 Å². The van der Waals surface area contributed by atoms with Gasteiger partial charge in [0.25, 0.3) is 5.56 Å². The smallest absolute Gasteiger partial charge is 0.262 e. The summed E-state index contributed by atoms with van der Waals surface area (Å²) in [6.45, 7) is 2.51. The minimum atomic E-state index is -0.0160. The molecule has 110 valence electrons. The van der Waals surface area contributed by atoms with E-state index in [1.54, 1.807) is 4.57 Å². The first-order valence-corrected chi connectivity index (χ1v) is 8.16. The first-order valence-electron chi connectivity index (χ1n) is 7.17. The maximum atomic E-state index is 12.7. The van der Waals surface area contributed by atoms with E-state index in [1.165, 1.54) is 11.8 Å². The van der Waals surface area contributed by atoms with Gasteiger partial charge in [0.1, 0.15) is 0 Å². The predicted molar refractivity (Wildman–Crippen MR) is 90.1 cm³/mol. The normalized spacial score (nSPS) is 10.9. The number of nitrogens with zero attached hydrogens (tertiary/aromatic N) is 3. The van der Waals surface area contributed by atoms with Crippen LogP contribution < -0.4 is 5.56 Å². The molecule has 0 N–H and O–H groups in total. The monoisotopic (exact) mass is 309 g/mol. The minimum Gasteiger partial charge on any atom is -0.287 e. The molecule has 0 saturated carbocycles. The summed E-state index contributed by atoms with van der Waals surface area (Å²) >= 11 is 1.46. The lowest BCUT2D eigenvalue weighted by molar-refractivity contribution is 0.634. The van der Waals surface area contributed by atoms with Gasteiger partial charge < -0.3 is 0 Å². The van der Waals surface area contributed by atoms with Gasteiger partial charge in [0.15, 0.2) is 5.16 Å². The SMILES string of the molecule is CCn1c(SCCC#N)nc2cc3ccccc3cc2c1=O.